The van der Waals surface area contributed by atoms with Gasteiger partial charge in [-0.15, -0.1) is 0 Å². The highest BCUT2D eigenvalue weighted by molar-refractivity contribution is 6.42. The smallest absolute Gasteiger partial charge is 0.260 e. The summed E-state index contributed by atoms with van der Waals surface area (Å²) in [6.45, 7) is 2.00. The number of hydrogen-bond acceptors (Lipinski definition) is 3. The molecule has 1 unspecified atom stereocenters. The number of anilines is 1. The van der Waals surface area contributed by atoms with Gasteiger partial charge < -0.3 is 10.1 Å². The Bertz CT molecular complexity index is 877. The van der Waals surface area contributed by atoms with Gasteiger partial charge in [0, 0.05) is 28.6 Å². The second kappa shape index (κ2) is 5.25. The fraction of sp³-hybridized carbons (Fsp3) is 0.176. The highest BCUT2D eigenvalue weighted by Gasteiger charge is 2.37. The van der Waals surface area contributed by atoms with Crippen LogP contribution in [-0.2, 0) is 9.53 Å². The second-order valence-corrected chi connectivity index (χ2v) is 6.14. The zero-order valence-corrected chi connectivity index (χ0v) is 13.7. The van der Waals surface area contributed by atoms with Gasteiger partial charge in [-0.1, -0.05) is 48.3 Å². The Labute approximate surface area is 143 Å². The minimum atomic E-state index is -0.235. The van der Waals surface area contributed by atoms with Gasteiger partial charge in [0.05, 0.1) is 10.6 Å². The molecular weight excluding hydrogens is 335 g/mol. The van der Waals surface area contributed by atoms with Crippen molar-refractivity contribution in [3.63, 3.8) is 0 Å². The van der Waals surface area contributed by atoms with Crippen molar-refractivity contribution in [1.29, 1.82) is 0 Å². The van der Waals surface area contributed by atoms with E-state index in [1.165, 1.54) is 0 Å². The normalized spacial score (nSPS) is 21.7. The summed E-state index contributed by atoms with van der Waals surface area (Å²) >= 11 is 12.4. The van der Waals surface area contributed by atoms with E-state index in [2.05, 4.69) is 10.3 Å². The molecule has 0 fully saturated rings. The van der Waals surface area contributed by atoms with Gasteiger partial charge in [-0.3, -0.25) is 4.79 Å². The van der Waals surface area contributed by atoms with Crippen LogP contribution in [0.25, 0.3) is 11.3 Å². The number of rotatable bonds is 1. The van der Waals surface area contributed by atoms with Gasteiger partial charge in [0.25, 0.3) is 5.91 Å². The summed E-state index contributed by atoms with van der Waals surface area (Å²) in [4.78, 5) is 16.6. The van der Waals surface area contributed by atoms with Crippen LogP contribution in [-0.4, -0.2) is 10.9 Å². The quantitative estimate of drug-likeness (QED) is 0.601. The number of ether oxygens (including phenoxy) is 1. The van der Waals surface area contributed by atoms with E-state index in [1.54, 1.807) is 6.20 Å². The van der Waals surface area contributed by atoms with Crippen LogP contribution in [0.1, 0.15) is 36.1 Å². The summed E-state index contributed by atoms with van der Waals surface area (Å²) in [6, 6.07) is 7.52. The van der Waals surface area contributed by atoms with E-state index in [0.29, 0.717) is 22.8 Å². The van der Waals surface area contributed by atoms with Crippen molar-refractivity contribution in [3.8, 4) is 0 Å². The zero-order valence-electron chi connectivity index (χ0n) is 12.2. The number of amides is 1. The lowest BCUT2D eigenvalue weighted by Gasteiger charge is -2.10. The molecular formula is C17H12Cl2N2O2. The molecule has 1 atom stereocenters. The zero-order chi connectivity index (χ0) is 16.1. The minimum Gasteiger partial charge on any atom is -0.484 e. The van der Waals surface area contributed by atoms with Crippen molar-refractivity contribution in [2.24, 2.45) is 0 Å². The van der Waals surface area contributed by atoms with Crippen molar-refractivity contribution in [2.45, 2.75) is 19.4 Å². The number of nitrogens with zero attached hydrogens (tertiary/aromatic N) is 1. The van der Waals surface area contributed by atoms with Crippen LogP contribution in [0.15, 0.2) is 30.5 Å². The van der Waals surface area contributed by atoms with E-state index in [-0.39, 0.29) is 17.2 Å². The van der Waals surface area contributed by atoms with Crippen molar-refractivity contribution >= 4 is 46.1 Å². The highest BCUT2D eigenvalue weighted by atomic mass is 35.5. The molecule has 0 spiro atoms. The standard InChI is InChI=1S/C17H12Cl2N2O2/c1-2-11-12-9(7-20-16(19)14(12)18)15(23-11)13-8-5-3-4-6-10(8)21-17(13)22/h3-7,11H,2H2,1H3,(H,21,22). The Balaban J connectivity index is 2.00. The predicted octanol–water partition coefficient (Wildman–Crippen LogP) is 4.69. The molecule has 116 valence electrons. The summed E-state index contributed by atoms with van der Waals surface area (Å²) in [5, 5.41) is 3.49. The Kier molecular flexibility index (Phi) is 3.32. The molecule has 6 heteroatoms. The van der Waals surface area contributed by atoms with Crippen molar-refractivity contribution < 1.29 is 9.53 Å². The number of halogens is 2. The molecule has 1 aromatic carbocycles. The number of fused-ring (bicyclic) bond motifs is 2. The maximum Gasteiger partial charge on any atom is 0.260 e. The van der Waals surface area contributed by atoms with E-state index in [9.17, 15) is 4.79 Å². The van der Waals surface area contributed by atoms with Gasteiger partial charge >= 0.3 is 0 Å². The van der Waals surface area contributed by atoms with Gasteiger partial charge in [0.1, 0.15) is 17.0 Å². The number of nitrogens with one attached hydrogen (secondary N) is 1. The van der Waals surface area contributed by atoms with Gasteiger partial charge in [-0.05, 0) is 12.5 Å². The number of aromatic nitrogens is 1. The first kappa shape index (κ1) is 14.5. The van der Waals surface area contributed by atoms with Crippen LogP contribution in [0.2, 0.25) is 10.2 Å². The van der Waals surface area contributed by atoms with Gasteiger partial charge in [-0.2, -0.15) is 0 Å². The molecule has 0 radical (unpaired) electrons. The molecule has 0 aliphatic carbocycles. The topological polar surface area (TPSA) is 51.2 Å². The lowest BCUT2D eigenvalue weighted by Crippen LogP contribution is -2.06. The lowest BCUT2D eigenvalue weighted by molar-refractivity contribution is -0.110. The van der Waals surface area contributed by atoms with E-state index < -0.39 is 0 Å². The third-order valence-corrected chi connectivity index (χ3v) is 4.88. The third-order valence-electron chi connectivity index (χ3n) is 4.11. The van der Waals surface area contributed by atoms with E-state index >= 15 is 0 Å². The van der Waals surface area contributed by atoms with Crippen molar-refractivity contribution in [1.82, 2.24) is 4.98 Å². The third kappa shape index (κ3) is 2.06. The lowest BCUT2D eigenvalue weighted by atomic mass is 10.00. The summed E-state index contributed by atoms with van der Waals surface area (Å²) in [6.07, 6.45) is 2.10. The first-order valence-corrected chi connectivity index (χ1v) is 8.03. The Morgan fingerprint density at radius 3 is 2.83 bits per heavy atom. The van der Waals surface area contributed by atoms with Crippen molar-refractivity contribution in [2.75, 3.05) is 5.32 Å². The van der Waals surface area contributed by atoms with Crippen molar-refractivity contribution in [3.05, 3.63) is 57.3 Å². The summed E-state index contributed by atoms with van der Waals surface area (Å²) in [5.41, 5.74) is 3.64. The predicted molar refractivity (Wildman–Crippen MR) is 90.3 cm³/mol. The SMILES string of the molecule is CCC1OC(=C2C(=O)Nc3ccccc32)c2cnc(Cl)c(Cl)c21. The first-order valence-electron chi connectivity index (χ1n) is 7.27. The molecule has 2 aliphatic rings. The molecule has 2 aliphatic heterocycles. The van der Waals surface area contributed by atoms with Gasteiger partial charge in [0.15, 0.2) is 0 Å². The molecule has 4 rings (SSSR count). The number of carbonyl (C=O) groups is 1. The van der Waals surface area contributed by atoms with E-state index in [0.717, 1.165) is 22.4 Å². The number of para-hydroxylation sites is 1. The molecule has 3 heterocycles. The summed E-state index contributed by atoms with van der Waals surface area (Å²) in [5.74, 6) is 0.329. The van der Waals surface area contributed by atoms with Crippen LogP contribution in [0.4, 0.5) is 5.69 Å². The molecule has 0 saturated heterocycles. The monoisotopic (exact) mass is 346 g/mol. The molecule has 1 aromatic heterocycles. The average Bonchev–Trinajstić information content (AvgIpc) is 3.07. The largest absolute Gasteiger partial charge is 0.484 e. The van der Waals surface area contributed by atoms with Crippen LogP contribution < -0.4 is 5.32 Å². The average molecular weight is 347 g/mol. The second-order valence-electron chi connectivity index (χ2n) is 5.41. The molecule has 0 saturated carbocycles. The van der Waals surface area contributed by atoms with Gasteiger partial charge in [0.2, 0.25) is 0 Å². The molecule has 23 heavy (non-hydrogen) atoms. The van der Waals surface area contributed by atoms with Crippen LogP contribution in [0, 0.1) is 0 Å². The molecule has 4 nitrogen and oxygen atoms in total. The Hall–Kier alpha value is -2.04. The molecule has 2 aromatic rings. The molecule has 1 amide bonds. The summed E-state index contributed by atoms with van der Waals surface area (Å²) < 4.78 is 6.06. The highest BCUT2D eigenvalue weighted by Crippen LogP contribution is 2.49. The van der Waals surface area contributed by atoms with Gasteiger partial charge in [-0.25, -0.2) is 4.98 Å². The van der Waals surface area contributed by atoms with E-state index in [4.69, 9.17) is 27.9 Å². The van der Waals surface area contributed by atoms with Crippen LogP contribution in [0.5, 0.6) is 0 Å². The first-order chi connectivity index (χ1) is 11.1. The maximum atomic E-state index is 12.4. The fourth-order valence-electron chi connectivity index (χ4n) is 3.06. The summed E-state index contributed by atoms with van der Waals surface area (Å²) in [7, 11) is 0. The van der Waals surface area contributed by atoms with Crippen LogP contribution >= 0.6 is 23.2 Å². The van der Waals surface area contributed by atoms with Crippen LogP contribution in [0.3, 0.4) is 0 Å². The molecule has 0 bridgehead atoms. The number of hydrogen-bond donors (Lipinski definition) is 1. The Morgan fingerprint density at radius 2 is 2.04 bits per heavy atom. The fourth-order valence-corrected chi connectivity index (χ4v) is 3.48. The maximum absolute atomic E-state index is 12.4. The Morgan fingerprint density at radius 1 is 1.26 bits per heavy atom. The number of carbonyl (C=O) groups excluding carboxylic acids is 1. The number of benzene rings is 1. The minimum absolute atomic E-state index is 0.185. The molecule has 1 N–H and O–H groups in total. The van der Waals surface area contributed by atoms with E-state index in [1.807, 2.05) is 31.2 Å². The number of pyridine rings is 1.